The quantitative estimate of drug-likeness (QED) is 0.790. The Hall–Kier alpha value is -0.0800. The van der Waals surface area contributed by atoms with Crippen LogP contribution in [0.3, 0.4) is 0 Å². The van der Waals surface area contributed by atoms with Crippen molar-refractivity contribution in [3.05, 3.63) is 0 Å². The van der Waals surface area contributed by atoms with E-state index in [2.05, 4.69) is 19.2 Å². The summed E-state index contributed by atoms with van der Waals surface area (Å²) in [4.78, 5) is 0. The van der Waals surface area contributed by atoms with Gasteiger partial charge in [0.1, 0.15) is 0 Å². The summed E-state index contributed by atoms with van der Waals surface area (Å²) in [5.74, 6) is 2.53. The molecule has 0 aliphatic heterocycles. The first-order valence-electron chi connectivity index (χ1n) is 7.57. The molecule has 0 amide bonds. The fraction of sp³-hybridized carbons (Fsp3) is 1.00. The van der Waals surface area contributed by atoms with Gasteiger partial charge < -0.3 is 10.4 Å². The maximum atomic E-state index is 9.40. The summed E-state index contributed by atoms with van der Waals surface area (Å²) in [5.41, 5.74) is 0. The third-order valence-corrected chi connectivity index (χ3v) is 4.99. The van der Waals surface area contributed by atoms with Gasteiger partial charge in [-0.05, 0) is 37.0 Å². The summed E-state index contributed by atoms with van der Waals surface area (Å²) in [6.45, 7) is 4.67. The van der Waals surface area contributed by atoms with E-state index in [0.29, 0.717) is 18.0 Å². The fourth-order valence-corrected chi connectivity index (χ4v) is 3.78. The zero-order valence-electron chi connectivity index (χ0n) is 11.5. The molecule has 2 N–H and O–H groups in total. The Morgan fingerprint density at radius 3 is 2.41 bits per heavy atom. The van der Waals surface area contributed by atoms with Gasteiger partial charge in [0.15, 0.2) is 0 Å². The molecule has 17 heavy (non-hydrogen) atoms. The normalized spacial score (nSPS) is 35.6. The molecule has 2 saturated carbocycles. The highest BCUT2D eigenvalue weighted by Gasteiger charge is 2.32. The van der Waals surface area contributed by atoms with Gasteiger partial charge in [-0.15, -0.1) is 0 Å². The van der Waals surface area contributed by atoms with Gasteiger partial charge in [-0.1, -0.05) is 39.5 Å². The van der Waals surface area contributed by atoms with Crippen LogP contribution in [0.1, 0.15) is 58.8 Å². The minimum atomic E-state index is 0.280. The largest absolute Gasteiger partial charge is 0.395 e. The summed E-state index contributed by atoms with van der Waals surface area (Å²) in [6.07, 6.45) is 9.93. The third-order valence-electron chi connectivity index (χ3n) is 4.99. The molecule has 0 aromatic rings. The highest BCUT2D eigenvalue weighted by Crippen LogP contribution is 2.40. The molecule has 2 heteroatoms. The highest BCUT2D eigenvalue weighted by atomic mass is 16.3. The van der Waals surface area contributed by atoms with Crippen molar-refractivity contribution in [1.82, 2.24) is 5.32 Å². The third kappa shape index (κ3) is 3.45. The van der Waals surface area contributed by atoms with Crippen LogP contribution in [0.4, 0.5) is 0 Å². The Kier molecular flexibility index (Phi) is 4.87. The summed E-state index contributed by atoms with van der Waals surface area (Å²) in [6, 6.07) is 0.953. The lowest BCUT2D eigenvalue weighted by Gasteiger charge is -2.41. The van der Waals surface area contributed by atoms with E-state index in [9.17, 15) is 5.11 Å². The SMILES string of the molecule is CC(C)[C@@H](CO)NC1CCC2CCCCC2C1. The van der Waals surface area contributed by atoms with Gasteiger partial charge in [0.25, 0.3) is 0 Å². The molecule has 0 bridgehead atoms. The number of rotatable bonds is 4. The molecule has 4 atom stereocenters. The number of aliphatic hydroxyl groups excluding tert-OH is 1. The van der Waals surface area contributed by atoms with E-state index >= 15 is 0 Å². The zero-order chi connectivity index (χ0) is 12.3. The fourth-order valence-electron chi connectivity index (χ4n) is 3.78. The molecule has 2 nitrogen and oxygen atoms in total. The van der Waals surface area contributed by atoms with Crippen molar-refractivity contribution in [3.63, 3.8) is 0 Å². The molecule has 2 aliphatic carbocycles. The Labute approximate surface area is 106 Å². The van der Waals surface area contributed by atoms with Crippen LogP contribution >= 0.6 is 0 Å². The van der Waals surface area contributed by atoms with E-state index in [4.69, 9.17) is 0 Å². The lowest BCUT2D eigenvalue weighted by Crippen LogP contribution is -2.47. The number of aliphatic hydroxyl groups is 1. The van der Waals surface area contributed by atoms with E-state index < -0.39 is 0 Å². The van der Waals surface area contributed by atoms with E-state index in [1.165, 1.54) is 44.9 Å². The van der Waals surface area contributed by atoms with Crippen LogP contribution in [0.25, 0.3) is 0 Å². The van der Waals surface area contributed by atoms with Crippen LogP contribution in [-0.4, -0.2) is 23.8 Å². The van der Waals surface area contributed by atoms with Crippen LogP contribution in [-0.2, 0) is 0 Å². The molecule has 0 saturated heterocycles. The van der Waals surface area contributed by atoms with E-state index in [1.807, 2.05) is 0 Å². The molecular formula is C15H29NO. The van der Waals surface area contributed by atoms with E-state index in [1.54, 1.807) is 0 Å². The minimum Gasteiger partial charge on any atom is -0.395 e. The lowest BCUT2D eigenvalue weighted by atomic mass is 9.69. The smallest absolute Gasteiger partial charge is 0.0587 e. The van der Waals surface area contributed by atoms with Crippen molar-refractivity contribution in [3.8, 4) is 0 Å². The monoisotopic (exact) mass is 239 g/mol. The zero-order valence-corrected chi connectivity index (χ0v) is 11.5. The molecule has 0 heterocycles. The van der Waals surface area contributed by atoms with Gasteiger partial charge in [-0.25, -0.2) is 0 Å². The standard InChI is InChI=1S/C15H29NO/c1-11(2)15(10-17)16-14-8-7-12-5-3-4-6-13(12)9-14/h11-17H,3-10H2,1-2H3/t12?,13?,14?,15-/m1/s1. The van der Waals surface area contributed by atoms with Gasteiger partial charge in [-0.2, -0.15) is 0 Å². The molecule has 2 fully saturated rings. The first-order valence-corrected chi connectivity index (χ1v) is 7.57. The number of nitrogens with one attached hydrogen (secondary N) is 1. The van der Waals surface area contributed by atoms with Crippen molar-refractivity contribution in [1.29, 1.82) is 0 Å². The average molecular weight is 239 g/mol. The maximum Gasteiger partial charge on any atom is 0.0587 e. The van der Waals surface area contributed by atoms with Crippen LogP contribution in [0, 0.1) is 17.8 Å². The predicted molar refractivity (Wildman–Crippen MR) is 71.9 cm³/mol. The van der Waals surface area contributed by atoms with Crippen molar-refractivity contribution in [2.24, 2.45) is 17.8 Å². The average Bonchev–Trinajstić information content (AvgIpc) is 2.35. The topological polar surface area (TPSA) is 32.3 Å². The van der Waals surface area contributed by atoms with Crippen molar-refractivity contribution in [2.75, 3.05) is 6.61 Å². The molecule has 2 rings (SSSR count). The van der Waals surface area contributed by atoms with Gasteiger partial charge >= 0.3 is 0 Å². The lowest BCUT2D eigenvalue weighted by molar-refractivity contribution is 0.121. The molecule has 0 spiro atoms. The Balaban J connectivity index is 1.82. The summed E-state index contributed by atoms with van der Waals surface area (Å²) in [5, 5.41) is 13.1. The van der Waals surface area contributed by atoms with Crippen molar-refractivity contribution < 1.29 is 5.11 Å². The second-order valence-electron chi connectivity index (χ2n) is 6.51. The van der Waals surface area contributed by atoms with Crippen LogP contribution in [0.5, 0.6) is 0 Å². The first kappa shape index (κ1) is 13.4. The predicted octanol–water partition coefficient (Wildman–Crippen LogP) is 2.95. The van der Waals surface area contributed by atoms with Gasteiger partial charge in [0.05, 0.1) is 6.61 Å². The summed E-state index contributed by atoms with van der Waals surface area (Å²) in [7, 11) is 0. The highest BCUT2D eigenvalue weighted by molar-refractivity contribution is 4.88. The van der Waals surface area contributed by atoms with E-state index in [-0.39, 0.29) is 6.61 Å². The Morgan fingerprint density at radius 2 is 1.76 bits per heavy atom. The van der Waals surface area contributed by atoms with Gasteiger partial charge in [-0.3, -0.25) is 0 Å². The first-order chi connectivity index (χ1) is 8.20. The molecular weight excluding hydrogens is 210 g/mol. The molecule has 2 aliphatic rings. The molecule has 0 radical (unpaired) electrons. The second-order valence-corrected chi connectivity index (χ2v) is 6.51. The number of hydrogen-bond donors (Lipinski definition) is 2. The Morgan fingerprint density at radius 1 is 1.06 bits per heavy atom. The van der Waals surface area contributed by atoms with Crippen molar-refractivity contribution >= 4 is 0 Å². The second kappa shape index (κ2) is 6.19. The number of fused-ring (bicyclic) bond motifs is 1. The molecule has 0 aromatic carbocycles. The van der Waals surface area contributed by atoms with Crippen LogP contribution in [0.2, 0.25) is 0 Å². The summed E-state index contributed by atoms with van der Waals surface area (Å²) < 4.78 is 0. The van der Waals surface area contributed by atoms with Crippen molar-refractivity contribution in [2.45, 2.75) is 70.9 Å². The van der Waals surface area contributed by atoms with Gasteiger partial charge in [0, 0.05) is 12.1 Å². The molecule has 3 unspecified atom stereocenters. The number of hydrogen-bond acceptors (Lipinski definition) is 2. The summed E-state index contributed by atoms with van der Waals surface area (Å²) >= 11 is 0. The molecule has 100 valence electrons. The van der Waals surface area contributed by atoms with E-state index in [0.717, 1.165) is 11.8 Å². The molecule has 0 aromatic heterocycles. The maximum absolute atomic E-state index is 9.40. The van der Waals surface area contributed by atoms with Gasteiger partial charge in [0.2, 0.25) is 0 Å². The minimum absolute atomic E-state index is 0.280. The van der Waals surface area contributed by atoms with Crippen LogP contribution < -0.4 is 5.32 Å². The Bertz CT molecular complexity index is 229. The van der Waals surface area contributed by atoms with Crippen LogP contribution in [0.15, 0.2) is 0 Å².